The van der Waals surface area contributed by atoms with Crippen molar-refractivity contribution < 1.29 is 38.2 Å². The summed E-state index contributed by atoms with van der Waals surface area (Å²) in [6.45, 7) is 3.45. The van der Waals surface area contributed by atoms with Crippen LogP contribution in [0.15, 0.2) is 103 Å². The lowest BCUT2D eigenvalue weighted by molar-refractivity contribution is -0.138. The molecule has 8 rings (SSSR count). The number of hydrazine groups is 1. The predicted octanol–water partition coefficient (Wildman–Crippen LogP) is 6.98. The number of benzene rings is 4. The van der Waals surface area contributed by atoms with Gasteiger partial charge in [0.15, 0.2) is 17.3 Å². The van der Waals surface area contributed by atoms with Gasteiger partial charge in [0.2, 0.25) is 11.8 Å². The van der Waals surface area contributed by atoms with Crippen LogP contribution in [0, 0.1) is 29.5 Å². The number of nitrogens with one attached hydrogen (secondary N) is 1. The fraction of sp³-hybridized carbons (Fsp3) is 0.262. The third-order valence-corrected chi connectivity index (χ3v) is 11.7. The van der Waals surface area contributed by atoms with Crippen molar-refractivity contribution in [2.45, 2.75) is 38.0 Å². The molecule has 0 spiro atoms. The number of rotatable bonds is 8. The number of hydrogen-bond donors (Lipinski definition) is 2. The van der Waals surface area contributed by atoms with Crippen molar-refractivity contribution in [3.8, 4) is 11.5 Å². The van der Waals surface area contributed by atoms with Gasteiger partial charge in [-0.3, -0.25) is 34.3 Å². The maximum absolute atomic E-state index is 15.3. The molecule has 1 saturated carbocycles. The number of allylic oxidation sites excluding steroid dienone is 2. The second kappa shape index (κ2) is 13.2. The first-order chi connectivity index (χ1) is 25.9. The Hall–Kier alpha value is -5.81. The molecule has 0 bridgehead atoms. The molecule has 2 heterocycles. The quantitative estimate of drug-likeness (QED) is 0.112. The molecule has 0 aromatic heterocycles. The maximum Gasteiger partial charge on any atom is 0.260 e. The molecule has 12 heteroatoms. The second-order valence-electron chi connectivity index (χ2n) is 14.1. The molecular weight excluding hydrogens is 713 g/mol. The molecule has 2 aliphatic heterocycles. The zero-order chi connectivity index (χ0) is 38.1. The Bertz CT molecular complexity index is 2260. The normalized spacial score (nSPS) is 25.9. The number of fused-ring (bicyclic) bond motifs is 4. The highest BCUT2D eigenvalue weighted by Gasteiger charge is 2.70. The molecule has 2 saturated heterocycles. The summed E-state index contributed by atoms with van der Waals surface area (Å²) in [6.07, 6.45) is 2.20. The molecule has 4 aliphatic rings. The van der Waals surface area contributed by atoms with Crippen molar-refractivity contribution in [3.63, 3.8) is 0 Å². The lowest BCUT2D eigenvalue weighted by Crippen LogP contribution is -2.53. The number of imide groups is 2. The number of carbonyl (C=O) groups is 5. The van der Waals surface area contributed by atoms with Gasteiger partial charge in [-0.1, -0.05) is 41.4 Å². The van der Waals surface area contributed by atoms with Crippen LogP contribution in [-0.2, 0) is 24.6 Å². The number of aromatic hydroxyl groups is 1. The summed E-state index contributed by atoms with van der Waals surface area (Å²) >= 11 is 6.37. The van der Waals surface area contributed by atoms with Crippen LogP contribution in [0.1, 0.15) is 54.1 Å². The number of ketones is 1. The van der Waals surface area contributed by atoms with Crippen molar-refractivity contribution in [1.82, 2.24) is 5.01 Å². The minimum atomic E-state index is -1.59. The Morgan fingerprint density at radius 3 is 2.30 bits per heavy atom. The molecule has 2 aliphatic carbocycles. The molecule has 274 valence electrons. The summed E-state index contributed by atoms with van der Waals surface area (Å²) in [4.78, 5) is 71.9. The number of nitrogens with zero attached hydrogens (tertiary/aromatic N) is 2. The zero-order valence-electron chi connectivity index (χ0n) is 29.3. The van der Waals surface area contributed by atoms with Gasteiger partial charge in [0, 0.05) is 16.5 Å². The maximum atomic E-state index is 15.3. The average Bonchev–Trinajstić information content (AvgIpc) is 3.54. The first-order valence-electron chi connectivity index (χ1n) is 17.8. The monoisotopic (exact) mass is 747 g/mol. The zero-order valence-corrected chi connectivity index (χ0v) is 30.0. The molecule has 6 atom stereocenters. The van der Waals surface area contributed by atoms with Gasteiger partial charge in [-0.25, -0.2) is 4.39 Å². The van der Waals surface area contributed by atoms with Gasteiger partial charge in [0.25, 0.3) is 11.8 Å². The van der Waals surface area contributed by atoms with Crippen LogP contribution < -0.4 is 15.1 Å². The molecule has 4 amide bonds. The standard InChI is InChI=1S/C42H35ClFN3O7/c1-3-54-35-20-24(6-19-34(35)49)37-30-17-18-31-36(40(52)46(38(31)50)29-15-4-23(5-16-29)22(2)48)32(30)21-33-39(51)47(45-28-13-11-27(44)12-14-28)41(53)42(33,37)25-7-9-26(43)10-8-25/h4-17,19-20,31-33,36-37,45,49H,3,18,21H2,1-2H3/t31-,32+,33-,36-,37-,42+/m0/s1. The lowest BCUT2D eigenvalue weighted by Gasteiger charge is -2.50. The highest BCUT2D eigenvalue weighted by Crippen LogP contribution is 2.64. The third kappa shape index (κ3) is 5.32. The number of phenolic OH excluding ortho intramolecular Hbond substituents is 1. The summed E-state index contributed by atoms with van der Waals surface area (Å²) in [5.41, 5.74) is 4.23. The number of carbonyl (C=O) groups excluding carboxylic acids is 5. The fourth-order valence-corrected chi connectivity index (χ4v) is 9.24. The van der Waals surface area contributed by atoms with Crippen LogP contribution in [0.5, 0.6) is 11.5 Å². The Kier molecular flexibility index (Phi) is 8.64. The number of amides is 4. The van der Waals surface area contributed by atoms with Crippen LogP contribution in [-0.4, -0.2) is 46.1 Å². The molecule has 54 heavy (non-hydrogen) atoms. The van der Waals surface area contributed by atoms with E-state index in [1.165, 1.54) is 42.2 Å². The fourth-order valence-electron chi connectivity index (χ4n) is 9.11. The summed E-state index contributed by atoms with van der Waals surface area (Å²) in [6, 6.07) is 23.2. The molecule has 10 nitrogen and oxygen atoms in total. The molecule has 4 aromatic carbocycles. The summed E-state index contributed by atoms with van der Waals surface area (Å²) in [5.74, 6) is -6.61. The minimum absolute atomic E-state index is 0.0603. The smallest absolute Gasteiger partial charge is 0.260 e. The number of anilines is 2. The Morgan fingerprint density at radius 1 is 0.926 bits per heavy atom. The van der Waals surface area contributed by atoms with E-state index >= 15 is 4.79 Å². The summed E-state index contributed by atoms with van der Waals surface area (Å²) < 4.78 is 19.7. The van der Waals surface area contributed by atoms with Gasteiger partial charge in [-0.15, -0.1) is 0 Å². The van der Waals surface area contributed by atoms with Crippen LogP contribution in [0.25, 0.3) is 0 Å². The van der Waals surface area contributed by atoms with Gasteiger partial charge >= 0.3 is 0 Å². The van der Waals surface area contributed by atoms with Gasteiger partial charge in [-0.05, 0) is 117 Å². The van der Waals surface area contributed by atoms with Crippen molar-refractivity contribution >= 4 is 52.4 Å². The second-order valence-corrected chi connectivity index (χ2v) is 14.6. The lowest BCUT2D eigenvalue weighted by atomic mass is 9.49. The molecule has 0 unspecified atom stereocenters. The first kappa shape index (κ1) is 35.2. The number of ether oxygens (including phenoxy) is 1. The molecule has 4 aromatic rings. The van der Waals surface area contributed by atoms with E-state index in [1.54, 1.807) is 67.6 Å². The first-order valence-corrected chi connectivity index (χ1v) is 18.1. The van der Waals surface area contributed by atoms with Crippen molar-refractivity contribution in [2.24, 2.45) is 23.7 Å². The van der Waals surface area contributed by atoms with Crippen LogP contribution in [0.4, 0.5) is 15.8 Å². The van der Waals surface area contributed by atoms with Crippen molar-refractivity contribution in [1.29, 1.82) is 0 Å². The number of phenols is 1. The Morgan fingerprint density at radius 2 is 1.63 bits per heavy atom. The van der Waals surface area contributed by atoms with Gasteiger partial charge in [0.05, 0.1) is 41.2 Å². The van der Waals surface area contributed by atoms with E-state index in [-0.39, 0.29) is 42.6 Å². The highest BCUT2D eigenvalue weighted by molar-refractivity contribution is 6.30. The summed E-state index contributed by atoms with van der Waals surface area (Å²) in [5, 5.41) is 12.2. The van der Waals surface area contributed by atoms with E-state index in [0.29, 0.717) is 33.1 Å². The Balaban J connectivity index is 1.31. The van der Waals surface area contributed by atoms with E-state index in [9.17, 15) is 28.7 Å². The van der Waals surface area contributed by atoms with E-state index in [2.05, 4.69) is 5.43 Å². The number of halogens is 2. The molecule has 0 radical (unpaired) electrons. The molecular formula is C42H35ClFN3O7. The number of Topliss-reactive ketones (excluding diaryl/α,β-unsaturated/α-hetero) is 1. The number of hydrogen-bond acceptors (Lipinski definition) is 8. The van der Waals surface area contributed by atoms with E-state index in [1.807, 2.05) is 6.08 Å². The van der Waals surface area contributed by atoms with Crippen molar-refractivity contribution in [3.05, 3.63) is 130 Å². The molecule has 3 fully saturated rings. The summed E-state index contributed by atoms with van der Waals surface area (Å²) in [7, 11) is 0. The van der Waals surface area contributed by atoms with Gasteiger partial charge in [0.1, 0.15) is 5.82 Å². The van der Waals surface area contributed by atoms with Crippen LogP contribution >= 0.6 is 11.6 Å². The van der Waals surface area contributed by atoms with E-state index in [0.717, 1.165) is 10.6 Å². The Labute approximate surface area is 315 Å². The highest BCUT2D eigenvalue weighted by atomic mass is 35.5. The SMILES string of the molecule is CCOc1cc([C@H]2C3=CC[C@@H]4C(=O)N(c5ccc(C(C)=O)cc5)C(=O)[C@@H]4[C@@H]3C[C@H]3C(=O)N(Nc4ccc(F)cc4)C(=O)[C@@]23c2ccc(Cl)cc2)ccc1O. The van der Waals surface area contributed by atoms with Gasteiger partial charge < -0.3 is 9.84 Å². The van der Waals surface area contributed by atoms with Crippen molar-refractivity contribution in [2.75, 3.05) is 16.9 Å². The predicted molar refractivity (Wildman–Crippen MR) is 197 cm³/mol. The minimum Gasteiger partial charge on any atom is -0.504 e. The molecule has 2 N–H and O–H groups in total. The topological polar surface area (TPSA) is 133 Å². The van der Waals surface area contributed by atoms with Crippen LogP contribution in [0.2, 0.25) is 5.02 Å². The van der Waals surface area contributed by atoms with E-state index < -0.39 is 58.5 Å². The van der Waals surface area contributed by atoms with E-state index in [4.69, 9.17) is 16.3 Å². The average molecular weight is 748 g/mol. The van der Waals surface area contributed by atoms with Crippen LogP contribution in [0.3, 0.4) is 0 Å². The largest absolute Gasteiger partial charge is 0.504 e. The third-order valence-electron chi connectivity index (χ3n) is 11.4. The van der Waals surface area contributed by atoms with Gasteiger partial charge in [-0.2, -0.15) is 5.01 Å².